The summed E-state index contributed by atoms with van der Waals surface area (Å²) in [6, 6.07) is 3.59. The van der Waals surface area contributed by atoms with Gasteiger partial charge in [0, 0.05) is 6.07 Å². The smallest absolute Gasteiger partial charge is 0.136 e. The van der Waals surface area contributed by atoms with E-state index in [1.54, 1.807) is 26.4 Å². The van der Waals surface area contributed by atoms with E-state index in [9.17, 15) is 0 Å². The van der Waals surface area contributed by atoms with Gasteiger partial charge in [0.1, 0.15) is 11.5 Å². The first-order valence-corrected chi connectivity index (χ1v) is 4.82. The number of rotatable bonds is 3. The molecule has 0 aliphatic heterocycles. The van der Waals surface area contributed by atoms with Gasteiger partial charge in [-0.3, -0.25) is 0 Å². The number of hydrogen-bond donors (Lipinski definition) is 1. The normalized spacial score (nSPS) is 9.85. The van der Waals surface area contributed by atoms with Gasteiger partial charge in [-0.2, -0.15) is 0 Å². The van der Waals surface area contributed by atoms with Crippen molar-refractivity contribution in [1.29, 1.82) is 0 Å². The van der Waals surface area contributed by atoms with Gasteiger partial charge in [0.15, 0.2) is 0 Å². The molecule has 0 unspecified atom stereocenters. The molecule has 0 spiro atoms. The Morgan fingerprint density at radius 2 is 2.00 bits per heavy atom. The van der Waals surface area contributed by atoms with E-state index in [-0.39, 0.29) is 6.61 Å². The summed E-state index contributed by atoms with van der Waals surface area (Å²) in [6.07, 6.45) is 0. The molecular formula is C9H11IO3. The Morgan fingerprint density at radius 1 is 1.31 bits per heavy atom. The molecule has 72 valence electrons. The lowest BCUT2D eigenvalue weighted by atomic mass is 10.2. The van der Waals surface area contributed by atoms with E-state index < -0.39 is 0 Å². The Hall–Kier alpha value is -0.490. The molecule has 1 aromatic carbocycles. The van der Waals surface area contributed by atoms with Crippen molar-refractivity contribution in [2.75, 3.05) is 14.2 Å². The van der Waals surface area contributed by atoms with Crippen LogP contribution >= 0.6 is 22.6 Å². The van der Waals surface area contributed by atoms with Gasteiger partial charge in [0.2, 0.25) is 0 Å². The molecule has 0 saturated carbocycles. The highest BCUT2D eigenvalue weighted by molar-refractivity contribution is 14.1. The molecule has 0 atom stereocenters. The zero-order valence-corrected chi connectivity index (χ0v) is 9.66. The Bertz CT molecular complexity index is 274. The maximum Gasteiger partial charge on any atom is 0.136 e. The molecular weight excluding hydrogens is 283 g/mol. The van der Waals surface area contributed by atoms with Crippen LogP contribution in [0.1, 0.15) is 5.56 Å². The van der Waals surface area contributed by atoms with E-state index in [4.69, 9.17) is 14.6 Å². The average Bonchev–Trinajstić information content (AvgIpc) is 2.18. The molecule has 0 heterocycles. The van der Waals surface area contributed by atoms with Crippen molar-refractivity contribution in [2.24, 2.45) is 0 Å². The van der Waals surface area contributed by atoms with Gasteiger partial charge in [0.05, 0.1) is 24.4 Å². The van der Waals surface area contributed by atoms with E-state index in [2.05, 4.69) is 22.6 Å². The van der Waals surface area contributed by atoms with Gasteiger partial charge in [-0.05, 0) is 34.2 Å². The van der Waals surface area contributed by atoms with Crippen LogP contribution in [-0.2, 0) is 6.61 Å². The summed E-state index contributed by atoms with van der Waals surface area (Å²) in [5, 5.41) is 9.04. The van der Waals surface area contributed by atoms with Crippen LogP contribution in [0, 0.1) is 3.57 Å². The highest BCUT2D eigenvalue weighted by Crippen LogP contribution is 2.29. The zero-order chi connectivity index (χ0) is 9.84. The second kappa shape index (κ2) is 4.66. The topological polar surface area (TPSA) is 38.7 Å². The molecule has 0 bridgehead atoms. The first-order chi connectivity index (χ1) is 6.22. The minimum absolute atomic E-state index is 0.00810. The molecule has 1 rings (SSSR count). The van der Waals surface area contributed by atoms with Crippen LogP contribution in [0.5, 0.6) is 11.5 Å². The number of ether oxygens (including phenoxy) is 2. The van der Waals surface area contributed by atoms with E-state index in [1.807, 2.05) is 0 Å². The number of halogens is 1. The lowest BCUT2D eigenvalue weighted by Crippen LogP contribution is -1.95. The van der Waals surface area contributed by atoms with E-state index in [0.717, 1.165) is 14.9 Å². The summed E-state index contributed by atoms with van der Waals surface area (Å²) in [4.78, 5) is 0. The van der Waals surface area contributed by atoms with E-state index >= 15 is 0 Å². The minimum atomic E-state index is -0.00810. The molecule has 0 aromatic heterocycles. The van der Waals surface area contributed by atoms with Gasteiger partial charge in [0.25, 0.3) is 0 Å². The molecule has 1 N–H and O–H groups in total. The molecule has 0 aliphatic carbocycles. The van der Waals surface area contributed by atoms with Crippen LogP contribution in [0.4, 0.5) is 0 Å². The standard InChI is InChI=1S/C9H11IO3/c1-12-7-3-6(5-11)9(10)8(4-7)13-2/h3-4,11H,5H2,1-2H3. The third kappa shape index (κ3) is 2.25. The second-order valence-corrected chi connectivity index (χ2v) is 3.54. The Morgan fingerprint density at radius 3 is 2.46 bits per heavy atom. The van der Waals surface area contributed by atoms with Crippen molar-refractivity contribution in [3.8, 4) is 11.5 Å². The van der Waals surface area contributed by atoms with Crippen molar-refractivity contribution in [2.45, 2.75) is 6.61 Å². The Kier molecular flexibility index (Phi) is 3.80. The summed E-state index contributed by atoms with van der Waals surface area (Å²) in [6.45, 7) is -0.00810. The fraction of sp³-hybridized carbons (Fsp3) is 0.333. The predicted octanol–water partition coefficient (Wildman–Crippen LogP) is 1.80. The average molecular weight is 294 g/mol. The number of benzene rings is 1. The van der Waals surface area contributed by atoms with Crippen LogP contribution in [0.15, 0.2) is 12.1 Å². The number of aliphatic hydroxyl groups excluding tert-OH is 1. The van der Waals surface area contributed by atoms with Gasteiger partial charge in [-0.1, -0.05) is 0 Å². The summed E-state index contributed by atoms with van der Waals surface area (Å²) in [7, 11) is 3.18. The van der Waals surface area contributed by atoms with Crippen LogP contribution in [-0.4, -0.2) is 19.3 Å². The molecule has 1 aromatic rings. The van der Waals surface area contributed by atoms with Gasteiger partial charge in [-0.15, -0.1) is 0 Å². The molecule has 4 heteroatoms. The molecule has 0 aliphatic rings. The van der Waals surface area contributed by atoms with Crippen molar-refractivity contribution >= 4 is 22.6 Å². The van der Waals surface area contributed by atoms with Crippen molar-refractivity contribution < 1.29 is 14.6 Å². The van der Waals surface area contributed by atoms with Gasteiger partial charge in [-0.25, -0.2) is 0 Å². The quantitative estimate of drug-likeness (QED) is 0.864. The Balaban J connectivity index is 3.20. The van der Waals surface area contributed by atoms with E-state index in [1.165, 1.54) is 0 Å². The highest BCUT2D eigenvalue weighted by atomic mass is 127. The number of aliphatic hydroxyl groups is 1. The fourth-order valence-corrected chi connectivity index (χ4v) is 1.71. The molecule has 3 nitrogen and oxygen atoms in total. The lowest BCUT2D eigenvalue weighted by Gasteiger charge is -2.09. The van der Waals surface area contributed by atoms with Crippen molar-refractivity contribution in [3.05, 3.63) is 21.3 Å². The second-order valence-electron chi connectivity index (χ2n) is 2.46. The van der Waals surface area contributed by atoms with Gasteiger partial charge < -0.3 is 14.6 Å². The maximum atomic E-state index is 9.04. The van der Waals surface area contributed by atoms with Crippen molar-refractivity contribution in [1.82, 2.24) is 0 Å². The van der Waals surface area contributed by atoms with E-state index in [0.29, 0.717) is 5.75 Å². The minimum Gasteiger partial charge on any atom is -0.497 e. The van der Waals surface area contributed by atoms with Crippen LogP contribution in [0.3, 0.4) is 0 Å². The summed E-state index contributed by atoms with van der Waals surface area (Å²) >= 11 is 2.13. The summed E-state index contributed by atoms with van der Waals surface area (Å²) in [5.74, 6) is 1.42. The lowest BCUT2D eigenvalue weighted by molar-refractivity contribution is 0.278. The highest BCUT2D eigenvalue weighted by Gasteiger charge is 2.08. The molecule has 0 amide bonds. The van der Waals surface area contributed by atoms with Gasteiger partial charge >= 0.3 is 0 Å². The maximum absolute atomic E-state index is 9.04. The molecule has 0 fully saturated rings. The monoisotopic (exact) mass is 294 g/mol. The number of hydrogen-bond acceptors (Lipinski definition) is 3. The van der Waals surface area contributed by atoms with Crippen LogP contribution in [0.2, 0.25) is 0 Å². The SMILES string of the molecule is COc1cc(CO)c(I)c(OC)c1. The van der Waals surface area contributed by atoms with Crippen LogP contribution in [0.25, 0.3) is 0 Å². The molecule has 13 heavy (non-hydrogen) atoms. The predicted molar refractivity (Wildman–Crippen MR) is 58.2 cm³/mol. The fourth-order valence-electron chi connectivity index (χ4n) is 1.01. The third-order valence-electron chi connectivity index (χ3n) is 1.71. The first-order valence-electron chi connectivity index (χ1n) is 3.74. The Labute approximate surface area is 90.8 Å². The van der Waals surface area contributed by atoms with Crippen LogP contribution < -0.4 is 9.47 Å². The third-order valence-corrected chi connectivity index (χ3v) is 2.94. The molecule has 0 radical (unpaired) electrons. The largest absolute Gasteiger partial charge is 0.497 e. The summed E-state index contributed by atoms with van der Waals surface area (Å²) in [5.41, 5.74) is 0.816. The number of methoxy groups -OCH3 is 2. The summed E-state index contributed by atoms with van der Waals surface area (Å²) < 4.78 is 11.1. The first kappa shape index (κ1) is 10.6. The van der Waals surface area contributed by atoms with Crippen molar-refractivity contribution in [3.63, 3.8) is 0 Å². The zero-order valence-electron chi connectivity index (χ0n) is 7.50. The molecule has 0 saturated heterocycles.